The van der Waals surface area contributed by atoms with E-state index in [0.717, 1.165) is 66.0 Å². The van der Waals surface area contributed by atoms with Crippen LogP contribution in [0.2, 0.25) is 0 Å². The Kier molecular flexibility index (Phi) is 12.8. The Labute approximate surface area is 356 Å². The Hall–Kier alpha value is -5.56. The summed E-state index contributed by atoms with van der Waals surface area (Å²) in [5.41, 5.74) is 4.07. The molecule has 8 rings (SSSR count). The van der Waals surface area contributed by atoms with E-state index in [0.29, 0.717) is 36.4 Å². The van der Waals surface area contributed by atoms with Crippen LogP contribution in [0.15, 0.2) is 114 Å². The lowest BCUT2D eigenvalue weighted by Crippen LogP contribution is -2.70. The largest absolute Gasteiger partial charge is 0.508 e. The second-order valence-corrected chi connectivity index (χ2v) is 16.9. The van der Waals surface area contributed by atoms with Crippen molar-refractivity contribution in [1.29, 1.82) is 0 Å². The predicted octanol–water partition coefficient (Wildman–Crippen LogP) is 8.73. The second kappa shape index (κ2) is 18.6. The van der Waals surface area contributed by atoms with Crippen LogP contribution < -0.4 is 4.74 Å². The summed E-state index contributed by atoms with van der Waals surface area (Å²) in [6, 6.07) is 25.0. The van der Waals surface area contributed by atoms with E-state index in [-0.39, 0.29) is 73.9 Å². The lowest BCUT2D eigenvalue weighted by molar-refractivity contribution is -0.384. The molecule has 3 aliphatic carbocycles. The molecule has 3 N–H and O–H groups in total. The van der Waals surface area contributed by atoms with E-state index >= 15 is 0 Å². The van der Waals surface area contributed by atoms with E-state index in [4.69, 9.17) is 19.5 Å². The van der Waals surface area contributed by atoms with Crippen molar-refractivity contribution in [2.75, 3.05) is 19.8 Å². The van der Waals surface area contributed by atoms with Crippen molar-refractivity contribution >= 4 is 28.1 Å². The molecule has 320 valence electrons. The van der Waals surface area contributed by atoms with Crippen molar-refractivity contribution in [1.82, 2.24) is 4.90 Å². The number of rotatable bonds is 19. The zero-order valence-electron chi connectivity index (χ0n) is 34.4. The fourth-order valence-corrected chi connectivity index (χ4v) is 10.1. The van der Waals surface area contributed by atoms with Gasteiger partial charge in [0.2, 0.25) is 11.7 Å². The summed E-state index contributed by atoms with van der Waals surface area (Å²) in [6.07, 6.45) is 10.2. The number of benzene rings is 4. The number of phenols is 1. The van der Waals surface area contributed by atoms with Crippen LogP contribution in [0.1, 0.15) is 80.4 Å². The molecule has 1 amide bonds. The average Bonchev–Trinajstić information content (AvgIpc) is 4.13. The molecule has 4 aromatic rings. The summed E-state index contributed by atoms with van der Waals surface area (Å²) < 4.78 is 14.4. The molecule has 0 bridgehead atoms. The van der Waals surface area contributed by atoms with Gasteiger partial charge in [0, 0.05) is 55.7 Å². The zero-order chi connectivity index (χ0) is 42.5. The number of aromatic hydroxyl groups is 1. The van der Waals surface area contributed by atoms with Gasteiger partial charge in [0.05, 0.1) is 23.2 Å². The monoisotopic (exact) mass is 829 g/mol. The first kappa shape index (κ1) is 42.1. The van der Waals surface area contributed by atoms with E-state index < -0.39 is 22.7 Å². The molecule has 0 spiro atoms. The van der Waals surface area contributed by atoms with Gasteiger partial charge in [-0.2, -0.15) is 0 Å². The minimum Gasteiger partial charge on any atom is -0.508 e. The van der Waals surface area contributed by atoms with Crippen molar-refractivity contribution in [3.63, 3.8) is 0 Å². The summed E-state index contributed by atoms with van der Waals surface area (Å²) in [5, 5.41) is 49.2. The Morgan fingerprint density at radius 1 is 0.984 bits per heavy atom. The van der Waals surface area contributed by atoms with Crippen LogP contribution in [-0.2, 0) is 27.5 Å². The number of unbranched alkanes of at least 4 members (excludes halogenated alkanes) is 2. The molecule has 2 saturated carbocycles. The van der Waals surface area contributed by atoms with Gasteiger partial charge >= 0.3 is 0 Å². The maximum Gasteiger partial charge on any atom is 0.269 e. The van der Waals surface area contributed by atoms with Gasteiger partial charge in [-0.05, 0) is 108 Å². The smallest absolute Gasteiger partial charge is 0.269 e. The van der Waals surface area contributed by atoms with Crippen molar-refractivity contribution in [2.45, 2.75) is 88.7 Å². The number of ether oxygens (including phenoxy) is 2. The summed E-state index contributed by atoms with van der Waals surface area (Å²) in [5.74, 6) is -1.59. The minimum atomic E-state index is -1.42. The fourth-order valence-electron chi connectivity index (χ4n) is 10.1. The van der Waals surface area contributed by atoms with Crippen molar-refractivity contribution in [3.05, 3.63) is 136 Å². The van der Waals surface area contributed by atoms with Gasteiger partial charge < -0.3 is 34.5 Å². The van der Waals surface area contributed by atoms with E-state index in [2.05, 4.69) is 36.9 Å². The number of fused-ring (bicyclic) bond motifs is 3. The number of nitrogens with zero attached hydrogens (tertiary/aromatic N) is 3. The number of carbonyl (C=O) groups excluding carboxylic acids is 1. The Morgan fingerprint density at radius 3 is 2.48 bits per heavy atom. The number of nitro groups is 1. The highest BCUT2D eigenvalue weighted by atomic mass is 16.7. The highest BCUT2D eigenvalue weighted by molar-refractivity contribution is 6.03. The third-order valence-electron chi connectivity index (χ3n) is 13.0. The molecule has 1 heterocycles. The van der Waals surface area contributed by atoms with Crippen LogP contribution in [0.3, 0.4) is 0 Å². The number of phenolic OH excluding ortho intramolecular Hbond substituents is 1. The minimum absolute atomic E-state index is 0.0156. The highest BCUT2D eigenvalue weighted by Gasteiger charge is 2.66. The van der Waals surface area contributed by atoms with Crippen LogP contribution in [-0.4, -0.2) is 68.4 Å². The van der Waals surface area contributed by atoms with Gasteiger partial charge in [0.25, 0.3) is 5.69 Å². The van der Waals surface area contributed by atoms with E-state index in [9.17, 15) is 30.2 Å². The number of carbonyl (C=O) groups is 1. The molecule has 0 radical (unpaired) electrons. The molecule has 12 heteroatoms. The standard InChI is InChI=1S/C49H55N3O9/c1-2-26-59-49-45(51(48(56)34-18-19-34)30-36-13-9-12-33-10-3-4-14-39(33)36)29-43(50-60-31-32-16-20-37(21-17-32)52(57)58)41-27-35(11-5-7-24-53)40(15-6-8-25-54)46(47(41)49)42-28-38(55)22-23-44(42)61-49/h2-4,9-10,12-14,16-17,20-23,27-28,34-35,40,45-47,53-55H,1,5-8,11,15,18-19,24-26,29-31H2. The molecule has 12 nitrogen and oxygen atoms in total. The molecule has 1 aliphatic heterocycles. The number of aliphatic hydroxyl groups excluding tert-OH is 2. The summed E-state index contributed by atoms with van der Waals surface area (Å²) >= 11 is 0. The molecule has 4 aliphatic rings. The SMILES string of the molecule is C=CCOC12Oc3ccc(O)cc3C3C(CCCCO)C(CCCCO)C=C(C(=NOCc4ccc([N+](=O)[O-])cc4)CC1N(Cc1cccc4ccccc14)C(=O)C1CC1)C32. The normalized spacial score (nSPS) is 24.6. The van der Waals surface area contributed by atoms with Crippen molar-refractivity contribution in [2.24, 2.45) is 28.8 Å². The van der Waals surface area contributed by atoms with Crippen LogP contribution in [0.5, 0.6) is 11.5 Å². The highest BCUT2D eigenvalue weighted by Crippen LogP contribution is 2.62. The van der Waals surface area contributed by atoms with Gasteiger partial charge in [-0.3, -0.25) is 14.9 Å². The van der Waals surface area contributed by atoms with Crippen LogP contribution >= 0.6 is 0 Å². The molecule has 4 aromatic carbocycles. The van der Waals surface area contributed by atoms with Crippen LogP contribution in [0, 0.1) is 33.8 Å². The van der Waals surface area contributed by atoms with Gasteiger partial charge in [0.15, 0.2) is 0 Å². The molecule has 61 heavy (non-hydrogen) atoms. The summed E-state index contributed by atoms with van der Waals surface area (Å²) in [6.45, 7) is 4.68. The maximum absolute atomic E-state index is 15.0. The predicted molar refractivity (Wildman–Crippen MR) is 232 cm³/mol. The van der Waals surface area contributed by atoms with Gasteiger partial charge in [-0.25, -0.2) is 0 Å². The number of nitro benzene ring substituents is 1. The van der Waals surface area contributed by atoms with E-state index in [1.807, 2.05) is 23.1 Å². The Morgan fingerprint density at radius 2 is 1.74 bits per heavy atom. The lowest BCUT2D eigenvalue weighted by atomic mass is 9.55. The maximum atomic E-state index is 15.0. The summed E-state index contributed by atoms with van der Waals surface area (Å²) in [7, 11) is 0. The molecule has 2 fully saturated rings. The number of allylic oxidation sites excluding steroid dienone is 1. The first-order chi connectivity index (χ1) is 29.8. The quantitative estimate of drug-likeness (QED) is 0.0363. The number of hydrogen-bond donors (Lipinski definition) is 3. The Bertz CT molecular complexity index is 2280. The molecule has 6 unspecified atom stereocenters. The van der Waals surface area contributed by atoms with Crippen molar-refractivity contribution in [3.8, 4) is 11.5 Å². The van der Waals surface area contributed by atoms with Crippen LogP contribution in [0.25, 0.3) is 10.8 Å². The van der Waals surface area contributed by atoms with Crippen LogP contribution in [0.4, 0.5) is 5.69 Å². The van der Waals surface area contributed by atoms with Gasteiger partial charge in [-0.1, -0.05) is 72.6 Å². The first-order valence-electron chi connectivity index (χ1n) is 21.7. The average molecular weight is 830 g/mol. The third kappa shape index (κ3) is 8.67. The molecular formula is C49H55N3O9. The molecule has 0 saturated heterocycles. The van der Waals surface area contributed by atoms with E-state index in [1.54, 1.807) is 36.4 Å². The number of aliphatic hydroxyl groups is 2. The topological polar surface area (TPSA) is 164 Å². The van der Waals surface area contributed by atoms with Crippen molar-refractivity contribution < 1.29 is 39.3 Å². The number of amides is 1. The fraction of sp³-hybridized carbons (Fsp3) is 0.429. The summed E-state index contributed by atoms with van der Waals surface area (Å²) in [4.78, 5) is 34.0. The Balaban J connectivity index is 1.32. The number of oxime groups is 1. The molecular weight excluding hydrogens is 775 g/mol. The number of non-ortho nitro benzene ring substituents is 1. The van der Waals surface area contributed by atoms with Gasteiger partial charge in [-0.15, -0.1) is 6.58 Å². The zero-order valence-corrected chi connectivity index (χ0v) is 34.4. The van der Waals surface area contributed by atoms with E-state index in [1.165, 1.54) is 12.1 Å². The third-order valence-corrected chi connectivity index (χ3v) is 13.0. The van der Waals surface area contributed by atoms with Gasteiger partial charge in [0.1, 0.15) is 24.1 Å². The number of hydrogen-bond acceptors (Lipinski definition) is 10. The lowest BCUT2D eigenvalue weighted by Gasteiger charge is -2.60. The first-order valence-corrected chi connectivity index (χ1v) is 21.7. The molecule has 0 aromatic heterocycles. The second-order valence-electron chi connectivity index (χ2n) is 16.9. The molecule has 6 atom stereocenters.